The van der Waals surface area contributed by atoms with Gasteiger partial charge in [-0.1, -0.05) is 17.7 Å². The van der Waals surface area contributed by atoms with Gasteiger partial charge in [0.2, 0.25) is 0 Å². The van der Waals surface area contributed by atoms with Crippen molar-refractivity contribution in [1.29, 1.82) is 0 Å². The number of carbonyl (C=O) groups is 1. The van der Waals surface area contributed by atoms with Gasteiger partial charge in [-0.25, -0.2) is 4.98 Å². The van der Waals surface area contributed by atoms with E-state index in [0.717, 1.165) is 5.69 Å². The molecule has 1 aromatic heterocycles. The van der Waals surface area contributed by atoms with Gasteiger partial charge in [-0.3, -0.25) is 4.79 Å². The van der Waals surface area contributed by atoms with E-state index < -0.39 is 5.91 Å². The molecular weight excluding hydrogens is 266 g/mol. The molecular formula is C13H12ClN3O2. The van der Waals surface area contributed by atoms with Gasteiger partial charge in [-0.05, 0) is 18.2 Å². The molecule has 0 aliphatic rings. The fourth-order valence-electron chi connectivity index (χ4n) is 1.59. The molecule has 0 aliphatic heterocycles. The molecule has 2 rings (SSSR count). The van der Waals surface area contributed by atoms with Crippen LogP contribution in [0.3, 0.4) is 0 Å². The zero-order valence-electron chi connectivity index (χ0n) is 10.2. The van der Waals surface area contributed by atoms with E-state index in [1.165, 1.54) is 6.20 Å². The van der Waals surface area contributed by atoms with E-state index in [2.05, 4.69) is 10.3 Å². The lowest BCUT2D eigenvalue weighted by molar-refractivity contribution is 0.100. The third-order valence-corrected chi connectivity index (χ3v) is 2.69. The molecule has 19 heavy (non-hydrogen) atoms. The fraction of sp³-hybridized carbons (Fsp3) is 0.0769. The normalized spacial score (nSPS) is 10.0. The molecule has 0 saturated heterocycles. The van der Waals surface area contributed by atoms with E-state index in [4.69, 9.17) is 22.1 Å². The van der Waals surface area contributed by atoms with Crippen LogP contribution in [0.2, 0.25) is 5.15 Å². The molecule has 6 heteroatoms. The van der Waals surface area contributed by atoms with Gasteiger partial charge >= 0.3 is 0 Å². The summed E-state index contributed by atoms with van der Waals surface area (Å²) >= 11 is 5.82. The number of hydrogen-bond donors (Lipinski definition) is 2. The molecule has 0 fully saturated rings. The number of nitrogens with two attached hydrogens (primary N) is 1. The standard InChI is InChI=1S/C13H12ClN3O2/c1-19-9-4-2-3-8(5-9)17-11-6-12(14)16-7-10(11)13(15)18/h2-7H,1H3,(H2,15,18)(H,16,17). The number of ether oxygens (including phenoxy) is 1. The van der Waals surface area contributed by atoms with Crippen LogP contribution in [0.25, 0.3) is 0 Å². The highest BCUT2D eigenvalue weighted by Crippen LogP contribution is 2.25. The Kier molecular flexibility index (Phi) is 3.87. The van der Waals surface area contributed by atoms with Gasteiger partial charge in [0.25, 0.3) is 5.91 Å². The number of rotatable bonds is 4. The summed E-state index contributed by atoms with van der Waals surface area (Å²) in [5.74, 6) is 0.125. The number of nitrogens with zero attached hydrogens (tertiary/aromatic N) is 1. The highest BCUT2D eigenvalue weighted by Gasteiger charge is 2.10. The number of methoxy groups -OCH3 is 1. The van der Waals surface area contributed by atoms with Crippen molar-refractivity contribution in [2.75, 3.05) is 12.4 Å². The van der Waals surface area contributed by atoms with Crippen LogP contribution in [-0.2, 0) is 0 Å². The first-order valence-electron chi connectivity index (χ1n) is 5.46. The first-order valence-corrected chi connectivity index (χ1v) is 5.84. The molecule has 0 unspecified atom stereocenters. The Balaban J connectivity index is 2.36. The molecule has 0 aliphatic carbocycles. The second-order valence-corrected chi connectivity index (χ2v) is 4.16. The minimum Gasteiger partial charge on any atom is -0.497 e. The number of nitrogens with one attached hydrogen (secondary N) is 1. The second-order valence-electron chi connectivity index (χ2n) is 3.77. The van der Waals surface area contributed by atoms with E-state index >= 15 is 0 Å². The Bertz CT molecular complexity index is 617. The number of primary amides is 1. The molecule has 0 spiro atoms. The molecule has 0 saturated carbocycles. The Labute approximate surface area is 115 Å². The molecule has 0 radical (unpaired) electrons. The SMILES string of the molecule is COc1cccc(Nc2cc(Cl)ncc2C(N)=O)c1. The maximum atomic E-state index is 11.3. The summed E-state index contributed by atoms with van der Waals surface area (Å²) in [5.41, 5.74) is 6.81. The number of aromatic nitrogens is 1. The molecule has 0 atom stereocenters. The van der Waals surface area contributed by atoms with Crippen molar-refractivity contribution in [3.63, 3.8) is 0 Å². The molecule has 1 heterocycles. The van der Waals surface area contributed by atoms with Crippen LogP contribution in [0.5, 0.6) is 5.75 Å². The zero-order chi connectivity index (χ0) is 13.8. The number of carbonyl (C=O) groups excluding carboxylic acids is 1. The van der Waals surface area contributed by atoms with Crippen molar-refractivity contribution >= 4 is 28.9 Å². The molecule has 1 amide bonds. The van der Waals surface area contributed by atoms with Crippen LogP contribution in [-0.4, -0.2) is 18.0 Å². The topological polar surface area (TPSA) is 77.2 Å². The molecule has 98 valence electrons. The predicted octanol–water partition coefficient (Wildman–Crippen LogP) is 2.59. The number of halogens is 1. The van der Waals surface area contributed by atoms with Crippen molar-refractivity contribution < 1.29 is 9.53 Å². The van der Waals surface area contributed by atoms with Gasteiger partial charge in [0, 0.05) is 18.0 Å². The molecule has 1 aromatic carbocycles. The highest BCUT2D eigenvalue weighted by molar-refractivity contribution is 6.29. The maximum absolute atomic E-state index is 11.3. The van der Waals surface area contributed by atoms with E-state index in [-0.39, 0.29) is 10.7 Å². The number of amides is 1. The lowest BCUT2D eigenvalue weighted by Crippen LogP contribution is -2.13. The van der Waals surface area contributed by atoms with Crippen LogP contribution in [0.15, 0.2) is 36.5 Å². The summed E-state index contributed by atoms with van der Waals surface area (Å²) in [5, 5.41) is 3.34. The van der Waals surface area contributed by atoms with Crippen LogP contribution >= 0.6 is 11.6 Å². The number of benzene rings is 1. The average molecular weight is 278 g/mol. The van der Waals surface area contributed by atoms with Gasteiger partial charge < -0.3 is 15.8 Å². The first-order chi connectivity index (χ1) is 9.10. The summed E-state index contributed by atoms with van der Waals surface area (Å²) in [6, 6.07) is 8.81. The molecule has 3 N–H and O–H groups in total. The van der Waals surface area contributed by atoms with Crippen molar-refractivity contribution in [3.05, 3.63) is 47.2 Å². The van der Waals surface area contributed by atoms with Gasteiger partial charge in [-0.2, -0.15) is 0 Å². The van der Waals surface area contributed by atoms with Gasteiger partial charge in [-0.15, -0.1) is 0 Å². The van der Waals surface area contributed by atoms with Crippen LogP contribution in [0.4, 0.5) is 11.4 Å². The summed E-state index contributed by atoms with van der Waals surface area (Å²) < 4.78 is 5.12. The largest absolute Gasteiger partial charge is 0.497 e. The Morgan fingerprint density at radius 2 is 2.21 bits per heavy atom. The summed E-state index contributed by atoms with van der Waals surface area (Å²) in [6.07, 6.45) is 1.34. The Morgan fingerprint density at radius 1 is 1.42 bits per heavy atom. The zero-order valence-corrected chi connectivity index (χ0v) is 10.9. The lowest BCUT2D eigenvalue weighted by Gasteiger charge is -2.11. The summed E-state index contributed by atoms with van der Waals surface area (Å²) in [7, 11) is 1.58. The minimum absolute atomic E-state index is 0.271. The van der Waals surface area contributed by atoms with Crippen LogP contribution in [0, 0.1) is 0 Å². The lowest BCUT2D eigenvalue weighted by atomic mass is 10.2. The molecule has 2 aromatic rings. The third-order valence-electron chi connectivity index (χ3n) is 2.48. The average Bonchev–Trinajstić information content (AvgIpc) is 2.38. The van der Waals surface area contributed by atoms with Crippen LogP contribution in [0.1, 0.15) is 10.4 Å². The van der Waals surface area contributed by atoms with Gasteiger partial charge in [0.05, 0.1) is 18.4 Å². The summed E-state index contributed by atoms with van der Waals surface area (Å²) in [6.45, 7) is 0. The van der Waals surface area contributed by atoms with E-state index in [0.29, 0.717) is 11.4 Å². The smallest absolute Gasteiger partial charge is 0.252 e. The number of pyridine rings is 1. The quantitative estimate of drug-likeness (QED) is 0.842. The van der Waals surface area contributed by atoms with Crippen LogP contribution < -0.4 is 15.8 Å². The van der Waals surface area contributed by atoms with Crippen molar-refractivity contribution in [2.45, 2.75) is 0 Å². The van der Waals surface area contributed by atoms with E-state index in [1.807, 2.05) is 18.2 Å². The Morgan fingerprint density at radius 3 is 2.89 bits per heavy atom. The summed E-state index contributed by atoms with van der Waals surface area (Å²) in [4.78, 5) is 15.2. The van der Waals surface area contributed by atoms with Crippen molar-refractivity contribution in [3.8, 4) is 5.75 Å². The van der Waals surface area contributed by atoms with E-state index in [1.54, 1.807) is 19.2 Å². The van der Waals surface area contributed by atoms with Gasteiger partial charge in [0.1, 0.15) is 10.9 Å². The highest BCUT2D eigenvalue weighted by atomic mass is 35.5. The minimum atomic E-state index is -0.574. The number of hydrogen-bond acceptors (Lipinski definition) is 4. The maximum Gasteiger partial charge on any atom is 0.252 e. The monoisotopic (exact) mass is 277 g/mol. The first kappa shape index (κ1) is 13.2. The van der Waals surface area contributed by atoms with Crippen molar-refractivity contribution in [1.82, 2.24) is 4.98 Å². The van der Waals surface area contributed by atoms with Gasteiger partial charge in [0.15, 0.2) is 0 Å². The predicted molar refractivity (Wildman–Crippen MR) is 74.0 cm³/mol. The molecule has 0 bridgehead atoms. The van der Waals surface area contributed by atoms with Crippen molar-refractivity contribution in [2.24, 2.45) is 5.73 Å². The van der Waals surface area contributed by atoms with E-state index in [9.17, 15) is 4.79 Å². The molecule has 5 nitrogen and oxygen atoms in total. The third kappa shape index (κ3) is 3.14. The Hall–Kier alpha value is -2.27. The fourth-order valence-corrected chi connectivity index (χ4v) is 1.74. The second kappa shape index (κ2) is 5.58. The number of anilines is 2.